The lowest BCUT2D eigenvalue weighted by Crippen LogP contribution is -2.28. The number of amides is 2. The number of halogens is 1. The number of hydrogen-bond donors (Lipinski definition) is 1. The maximum absolute atomic E-state index is 12.7. The van der Waals surface area contributed by atoms with Crippen molar-refractivity contribution < 1.29 is 9.59 Å². The van der Waals surface area contributed by atoms with Crippen LogP contribution in [0.5, 0.6) is 0 Å². The third kappa shape index (κ3) is 4.46. The molecule has 2 aromatic carbocycles. The van der Waals surface area contributed by atoms with Crippen molar-refractivity contribution >= 4 is 45.6 Å². The van der Waals surface area contributed by atoms with Crippen molar-refractivity contribution in [1.29, 1.82) is 0 Å². The van der Waals surface area contributed by atoms with Crippen molar-refractivity contribution in [3.05, 3.63) is 69.7 Å². The Morgan fingerprint density at radius 3 is 2.72 bits per heavy atom. The van der Waals surface area contributed by atoms with Crippen LogP contribution in [0.25, 0.3) is 0 Å². The fourth-order valence-corrected chi connectivity index (χ4v) is 4.25. The van der Waals surface area contributed by atoms with Crippen molar-refractivity contribution in [1.82, 2.24) is 10.2 Å². The summed E-state index contributed by atoms with van der Waals surface area (Å²) in [7, 11) is 0. The van der Waals surface area contributed by atoms with Crippen LogP contribution in [0, 0.1) is 12.8 Å². The number of aromatic nitrogens is 2. The first kappa shape index (κ1) is 19.5. The van der Waals surface area contributed by atoms with Crippen LogP contribution in [-0.2, 0) is 16.0 Å². The predicted molar refractivity (Wildman–Crippen MR) is 114 cm³/mol. The van der Waals surface area contributed by atoms with E-state index in [-0.39, 0.29) is 18.2 Å². The topological polar surface area (TPSA) is 75.2 Å². The van der Waals surface area contributed by atoms with Gasteiger partial charge in [0.1, 0.15) is 5.01 Å². The minimum atomic E-state index is -0.411. The molecular formula is C21H19ClN4O2S. The summed E-state index contributed by atoms with van der Waals surface area (Å²) in [5.74, 6) is -0.658. The van der Waals surface area contributed by atoms with Crippen LogP contribution in [0.2, 0.25) is 5.02 Å². The van der Waals surface area contributed by atoms with Gasteiger partial charge in [0, 0.05) is 30.1 Å². The molecule has 8 heteroatoms. The van der Waals surface area contributed by atoms with E-state index in [2.05, 4.69) is 15.5 Å². The molecule has 4 rings (SSSR count). The van der Waals surface area contributed by atoms with Crippen molar-refractivity contribution in [3.8, 4) is 0 Å². The quantitative estimate of drug-likeness (QED) is 0.666. The summed E-state index contributed by atoms with van der Waals surface area (Å²) in [6.45, 7) is 2.32. The summed E-state index contributed by atoms with van der Waals surface area (Å²) >= 11 is 7.24. The van der Waals surface area contributed by atoms with Crippen LogP contribution in [-0.4, -0.2) is 28.6 Å². The molecule has 29 heavy (non-hydrogen) atoms. The van der Waals surface area contributed by atoms with E-state index in [1.54, 1.807) is 4.90 Å². The maximum atomic E-state index is 12.7. The van der Waals surface area contributed by atoms with Gasteiger partial charge in [0.15, 0.2) is 0 Å². The Bertz CT molecular complexity index is 1050. The molecule has 3 aromatic rings. The molecule has 1 atom stereocenters. The van der Waals surface area contributed by atoms with Gasteiger partial charge in [-0.25, -0.2) is 0 Å². The summed E-state index contributed by atoms with van der Waals surface area (Å²) in [5, 5.41) is 13.0. The van der Waals surface area contributed by atoms with Crippen LogP contribution in [0.1, 0.15) is 22.6 Å². The second-order valence-corrected chi connectivity index (χ2v) is 8.48. The fraction of sp³-hybridized carbons (Fsp3) is 0.238. The van der Waals surface area contributed by atoms with E-state index in [0.29, 0.717) is 23.1 Å². The molecule has 0 saturated carbocycles. The molecule has 0 radical (unpaired) electrons. The van der Waals surface area contributed by atoms with E-state index in [1.165, 1.54) is 11.3 Å². The smallest absolute Gasteiger partial charge is 0.231 e. The highest BCUT2D eigenvalue weighted by Gasteiger charge is 2.36. The van der Waals surface area contributed by atoms with Crippen LogP contribution in [0.4, 0.5) is 10.8 Å². The summed E-state index contributed by atoms with van der Waals surface area (Å²) in [6, 6.07) is 15.2. The number of benzene rings is 2. The molecule has 1 fully saturated rings. The molecule has 0 spiro atoms. The summed E-state index contributed by atoms with van der Waals surface area (Å²) < 4.78 is 0. The molecule has 2 amide bonds. The second kappa shape index (κ2) is 8.31. The molecule has 0 bridgehead atoms. The van der Waals surface area contributed by atoms with E-state index in [4.69, 9.17) is 11.6 Å². The van der Waals surface area contributed by atoms with Gasteiger partial charge >= 0.3 is 0 Å². The van der Waals surface area contributed by atoms with Crippen LogP contribution in [0.3, 0.4) is 0 Å². The molecule has 6 nitrogen and oxygen atoms in total. The Labute approximate surface area is 177 Å². The summed E-state index contributed by atoms with van der Waals surface area (Å²) in [4.78, 5) is 26.8. The number of carbonyl (C=O) groups excluding carboxylic acids is 2. The van der Waals surface area contributed by atoms with E-state index in [9.17, 15) is 9.59 Å². The van der Waals surface area contributed by atoms with Crippen LogP contribution in [0.15, 0.2) is 48.5 Å². The van der Waals surface area contributed by atoms with E-state index in [1.807, 2.05) is 55.5 Å². The maximum Gasteiger partial charge on any atom is 0.231 e. The highest BCUT2D eigenvalue weighted by Crippen LogP contribution is 2.29. The number of nitrogens with one attached hydrogen (secondary N) is 1. The minimum Gasteiger partial charge on any atom is -0.311 e. The van der Waals surface area contributed by atoms with Gasteiger partial charge in [-0.3, -0.25) is 9.59 Å². The summed E-state index contributed by atoms with van der Waals surface area (Å²) in [5.41, 5.74) is 2.94. The zero-order chi connectivity index (χ0) is 20.4. The van der Waals surface area contributed by atoms with Gasteiger partial charge in [-0.2, -0.15) is 0 Å². The second-order valence-electron chi connectivity index (χ2n) is 6.99. The number of rotatable bonds is 5. The third-order valence-corrected chi connectivity index (χ3v) is 5.96. The van der Waals surface area contributed by atoms with Gasteiger partial charge in [0.25, 0.3) is 0 Å². The van der Waals surface area contributed by atoms with Crippen molar-refractivity contribution in [2.45, 2.75) is 19.8 Å². The molecule has 1 aromatic heterocycles. The molecule has 2 heterocycles. The van der Waals surface area contributed by atoms with Gasteiger partial charge < -0.3 is 10.2 Å². The Balaban J connectivity index is 1.39. The number of para-hydroxylation sites is 1. The Morgan fingerprint density at radius 2 is 1.97 bits per heavy atom. The average Bonchev–Trinajstić information content (AvgIpc) is 3.30. The van der Waals surface area contributed by atoms with Gasteiger partial charge in [0.05, 0.1) is 5.92 Å². The number of aryl methyl sites for hydroxylation is 1. The zero-order valence-corrected chi connectivity index (χ0v) is 17.3. The number of carbonyl (C=O) groups is 2. The van der Waals surface area contributed by atoms with E-state index in [0.717, 1.165) is 21.8 Å². The number of hydrogen-bond acceptors (Lipinski definition) is 5. The summed E-state index contributed by atoms with van der Waals surface area (Å²) in [6.07, 6.45) is 0.810. The lowest BCUT2D eigenvalue weighted by Gasteiger charge is -2.18. The molecule has 1 saturated heterocycles. The predicted octanol–water partition coefficient (Wildman–Crippen LogP) is 4.08. The SMILES string of the molecule is Cc1ccccc1N1CC(C(=O)Nc2nnc(Cc3ccc(Cl)cc3)s2)CC1=O. The number of anilines is 2. The first-order valence-electron chi connectivity index (χ1n) is 9.23. The third-order valence-electron chi connectivity index (χ3n) is 4.87. The number of nitrogens with zero attached hydrogens (tertiary/aromatic N) is 3. The van der Waals surface area contributed by atoms with Gasteiger partial charge in [-0.15, -0.1) is 10.2 Å². The molecule has 148 valence electrons. The fourth-order valence-electron chi connectivity index (χ4n) is 3.34. The normalized spacial score (nSPS) is 16.3. The molecule has 0 aliphatic carbocycles. The monoisotopic (exact) mass is 426 g/mol. The Hall–Kier alpha value is -2.77. The van der Waals surface area contributed by atoms with Gasteiger partial charge in [-0.1, -0.05) is 53.3 Å². The molecule has 1 aliphatic rings. The van der Waals surface area contributed by atoms with Crippen molar-refractivity contribution in [3.63, 3.8) is 0 Å². The van der Waals surface area contributed by atoms with Crippen LogP contribution >= 0.6 is 22.9 Å². The zero-order valence-electron chi connectivity index (χ0n) is 15.8. The van der Waals surface area contributed by atoms with E-state index >= 15 is 0 Å². The van der Waals surface area contributed by atoms with Crippen molar-refractivity contribution in [2.75, 3.05) is 16.8 Å². The lowest BCUT2D eigenvalue weighted by atomic mass is 10.1. The Kier molecular flexibility index (Phi) is 5.60. The standard InChI is InChI=1S/C21H19ClN4O2S/c1-13-4-2-3-5-17(13)26-12-15(11-19(26)27)20(28)23-21-25-24-18(29-21)10-14-6-8-16(22)9-7-14/h2-9,15H,10-12H2,1H3,(H,23,25,28). The average molecular weight is 427 g/mol. The van der Waals surface area contributed by atoms with Crippen LogP contribution < -0.4 is 10.2 Å². The first-order valence-corrected chi connectivity index (χ1v) is 10.4. The highest BCUT2D eigenvalue weighted by atomic mass is 35.5. The van der Waals surface area contributed by atoms with E-state index < -0.39 is 5.92 Å². The minimum absolute atomic E-state index is 0.0415. The molecule has 1 N–H and O–H groups in total. The largest absolute Gasteiger partial charge is 0.311 e. The first-order chi connectivity index (χ1) is 14.0. The highest BCUT2D eigenvalue weighted by molar-refractivity contribution is 7.15. The lowest BCUT2D eigenvalue weighted by molar-refractivity contribution is -0.122. The van der Waals surface area contributed by atoms with Crippen molar-refractivity contribution in [2.24, 2.45) is 5.92 Å². The molecule has 1 aliphatic heterocycles. The van der Waals surface area contributed by atoms with Gasteiger partial charge in [0.2, 0.25) is 16.9 Å². The molecule has 1 unspecified atom stereocenters. The van der Waals surface area contributed by atoms with Gasteiger partial charge in [-0.05, 0) is 36.2 Å². The Morgan fingerprint density at radius 1 is 1.21 bits per heavy atom. The molecular weight excluding hydrogens is 408 g/mol.